The molecular formula is C10H17Cl2N3O3S. The first kappa shape index (κ1) is 20.4. The maximum atomic E-state index is 11.3. The van der Waals surface area contributed by atoms with Crippen LogP contribution >= 0.6 is 24.8 Å². The second kappa shape index (κ2) is 9.08. The van der Waals surface area contributed by atoms with E-state index >= 15 is 0 Å². The molecule has 0 spiro atoms. The molecule has 19 heavy (non-hydrogen) atoms. The van der Waals surface area contributed by atoms with Crippen LogP contribution in [0.15, 0.2) is 23.4 Å². The smallest absolute Gasteiger partial charge is 0.224 e. The third-order valence-electron chi connectivity index (χ3n) is 2.01. The van der Waals surface area contributed by atoms with Crippen LogP contribution in [0.1, 0.15) is 12.8 Å². The van der Waals surface area contributed by atoms with E-state index < -0.39 is 9.84 Å². The van der Waals surface area contributed by atoms with Crippen molar-refractivity contribution in [3.05, 3.63) is 18.3 Å². The summed E-state index contributed by atoms with van der Waals surface area (Å²) in [5.74, 6) is -0.163. The van der Waals surface area contributed by atoms with Gasteiger partial charge in [-0.3, -0.25) is 4.79 Å². The summed E-state index contributed by atoms with van der Waals surface area (Å²) in [5.41, 5.74) is 5.75. The molecule has 1 aromatic rings. The summed E-state index contributed by atoms with van der Waals surface area (Å²) in [5, 5.41) is 2.59. The van der Waals surface area contributed by atoms with Gasteiger partial charge in [-0.2, -0.15) is 0 Å². The van der Waals surface area contributed by atoms with Gasteiger partial charge in [-0.1, -0.05) is 0 Å². The Labute approximate surface area is 124 Å². The van der Waals surface area contributed by atoms with Gasteiger partial charge in [0.1, 0.15) is 0 Å². The molecule has 0 saturated heterocycles. The lowest BCUT2D eigenvalue weighted by atomic mass is 10.3. The number of nitrogens with two attached hydrogens (primary N) is 1. The van der Waals surface area contributed by atoms with Crippen molar-refractivity contribution in [3.63, 3.8) is 0 Å². The number of nitrogens with zero attached hydrogens (tertiary/aromatic N) is 1. The Morgan fingerprint density at radius 2 is 2.00 bits per heavy atom. The van der Waals surface area contributed by atoms with Crippen molar-refractivity contribution >= 4 is 46.2 Å². The predicted octanol–water partition coefficient (Wildman–Crippen LogP) is 1.01. The molecule has 1 heterocycles. The fraction of sp³-hybridized carbons (Fsp3) is 0.400. The number of halogens is 2. The highest BCUT2D eigenvalue weighted by atomic mass is 35.5. The minimum Gasteiger partial charge on any atom is -0.330 e. The van der Waals surface area contributed by atoms with E-state index in [9.17, 15) is 13.2 Å². The van der Waals surface area contributed by atoms with Crippen LogP contribution < -0.4 is 11.1 Å². The minimum absolute atomic E-state index is 0. The third kappa shape index (κ3) is 7.31. The van der Waals surface area contributed by atoms with E-state index in [0.717, 1.165) is 6.26 Å². The Morgan fingerprint density at radius 3 is 2.42 bits per heavy atom. The summed E-state index contributed by atoms with van der Waals surface area (Å²) in [4.78, 5) is 15.1. The first-order valence-electron chi connectivity index (χ1n) is 5.09. The molecule has 1 rings (SSSR count). The summed E-state index contributed by atoms with van der Waals surface area (Å²) >= 11 is 0. The molecule has 0 fully saturated rings. The van der Waals surface area contributed by atoms with E-state index in [0.29, 0.717) is 25.1 Å². The van der Waals surface area contributed by atoms with Gasteiger partial charge in [-0.25, -0.2) is 13.4 Å². The molecule has 0 radical (unpaired) electrons. The van der Waals surface area contributed by atoms with Crippen molar-refractivity contribution in [3.8, 4) is 0 Å². The first-order valence-corrected chi connectivity index (χ1v) is 6.98. The SMILES string of the molecule is CS(=O)(=O)c1ccc(NC(=O)CCCN)cn1.Cl.Cl. The average molecular weight is 330 g/mol. The molecule has 0 saturated carbocycles. The number of rotatable bonds is 5. The van der Waals surface area contributed by atoms with Crippen molar-refractivity contribution in [1.82, 2.24) is 4.98 Å². The van der Waals surface area contributed by atoms with E-state index in [1.807, 2.05) is 0 Å². The van der Waals surface area contributed by atoms with Gasteiger partial charge >= 0.3 is 0 Å². The van der Waals surface area contributed by atoms with Crippen LogP contribution in [0.25, 0.3) is 0 Å². The summed E-state index contributed by atoms with van der Waals surface area (Å²) in [7, 11) is -3.30. The normalized spacial score (nSPS) is 10.0. The number of carbonyl (C=O) groups excluding carboxylic acids is 1. The molecule has 6 nitrogen and oxygen atoms in total. The van der Waals surface area contributed by atoms with Gasteiger partial charge in [0.2, 0.25) is 5.91 Å². The van der Waals surface area contributed by atoms with Crippen molar-refractivity contribution in [1.29, 1.82) is 0 Å². The van der Waals surface area contributed by atoms with E-state index in [4.69, 9.17) is 5.73 Å². The third-order valence-corrected chi connectivity index (χ3v) is 3.01. The Bertz CT molecular complexity index is 491. The maximum Gasteiger partial charge on any atom is 0.224 e. The molecule has 0 unspecified atom stereocenters. The molecule has 0 aliphatic rings. The zero-order valence-corrected chi connectivity index (χ0v) is 12.8. The van der Waals surface area contributed by atoms with Gasteiger partial charge in [0.05, 0.1) is 11.9 Å². The lowest BCUT2D eigenvalue weighted by molar-refractivity contribution is -0.116. The van der Waals surface area contributed by atoms with Gasteiger partial charge in [0.15, 0.2) is 14.9 Å². The molecule has 0 bridgehead atoms. The second-order valence-electron chi connectivity index (χ2n) is 3.60. The number of nitrogens with one attached hydrogen (secondary N) is 1. The van der Waals surface area contributed by atoms with Gasteiger partial charge < -0.3 is 11.1 Å². The molecule has 1 amide bonds. The van der Waals surface area contributed by atoms with Crippen LogP contribution in [0.3, 0.4) is 0 Å². The van der Waals surface area contributed by atoms with Gasteiger partial charge in [0.25, 0.3) is 0 Å². The highest BCUT2D eigenvalue weighted by Crippen LogP contribution is 2.10. The second-order valence-corrected chi connectivity index (χ2v) is 5.56. The Balaban J connectivity index is 0. The number of hydrogen-bond acceptors (Lipinski definition) is 5. The molecule has 1 aromatic heterocycles. The number of sulfone groups is 1. The highest BCUT2D eigenvalue weighted by molar-refractivity contribution is 7.90. The topological polar surface area (TPSA) is 102 Å². The Kier molecular flexibility index (Phi) is 9.77. The van der Waals surface area contributed by atoms with E-state index in [1.165, 1.54) is 18.3 Å². The quantitative estimate of drug-likeness (QED) is 0.839. The molecular weight excluding hydrogens is 313 g/mol. The number of carbonyl (C=O) groups is 1. The lowest BCUT2D eigenvalue weighted by Crippen LogP contribution is -2.13. The van der Waals surface area contributed by atoms with Crippen molar-refractivity contribution in [2.75, 3.05) is 18.1 Å². The van der Waals surface area contributed by atoms with Crippen LogP contribution in [-0.4, -0.2) is 32.1 Å². The number of amides is 1. The van der Waals surface area contributed by atoms with E-state index in [2.05, 4.69) is 10.3 Å². The summed E-state index contributed by atoms with van der Waals surface area (Å²) < 4.78 is 22.3. The number of hydrogen-bond donors (Lipinski definition) is 2. The number of anilines is 1. The largest absolute Gasteiger partial charge is 0.330 e. The molecule has 9 heteroatoms. The summed E-state index contributed by atoms with van der Waals surface area (Å²) in [6, 6.07) is 2.86. The van der Waals surface area contributed by atoms with E-state index in [-0.39, 0.29) is 35.7 Å². The Hall–Kier alpha value is -0.890. The standard InChI is InChI=1S/C10H15N3O3S.2ClH/c1-17(15,16)10-5-4-8(7-12-10)13-9(14)3-2-6-11;;/h4-5,7H,2-3,6,11H2,1H3,(H,13,14);2*1H. The van der Waals surface area contributed by atoms with Gasteiger partial charge in [-0.05, 0) is 25.1 Å². The number of pyridine rings is 1. The van der Waals surface area contributed by atoms with E-state index in [1.54, 1.807) is 0 Å². The summed E-state index contributed by atoms with van der Waals surface area (Å²) in [6.07, 6.45) is 3.34. The number of aromatic nitrogens is 1. The average Bonchev–Trinajstić information content (AvgIpc) is 2.26. The fourth-order valence-electron chi connectivity index (χ4n) is 1.16. The molecule has 0 aliphatic carbocycles. The zero-order chi connectivity index (χ0) is 12.9. The maximum absolute atomic E-state index is 11.3. The summed E-state index contributed by atoms with van der Waals surface area (Å²) in [6.45, 7) is 0.457. The van der Waals surface area contributed by atoms with Crippen LogP contribution in [0, 0.1) is 0 Å². The highest BCUT2D eigenvalue weighted by Gasteiger charge is 2.08. The molecule has 3 N–H and O–H groups in total. The molecule has 0 aromatic carbocycles. The Morgan fingerprint density at radius 1 is 1.37 bits per heavy atom. The lowest BCUT2D eigenvalue weighted by Gasteiger charge is -2.04. The molecule has 0 atom stereocenters. The van der Waals surface area contributed by atoms with Crippen LogP contribution in [0.4, 0.5) is 5.69 Å². The van der Waals surface area contributed by atoms with Crippen molar-refractivity contribution in [2.45, 2.75) is 17.9 Å². The van der Waals surface area contributed by atoms with Crippen molar-refractivity contribution in [2.24, 2.45) is 5.73 Å². The van der Waals surface area contributed by atoms with Crippen molar-refractivity contribution < 1.29 is 13.2 Å². The molecule has 0 aliphatic heterocycles. The van der Waals surface area contributed by atoms with Gasteiger partial charge in [0, 0.05) is 12.7 Å². The van der Waals surface area contributed by atoms with Crippen LogP contribution in [0.5, 0.6) is 0 Å². The monoisotopic (exact) mass is 329 g/mol. The fourth-order valence-corrected chi connectivity index (χ4v) is 1.72. The van der Waals surface area contributed by atoms with Crippen LogP contribution in [-0.2, 0) is 14.6 Å². The van der Waals surface area contributed by atoms with Gasteiger partial charge in [-0.15, -0.1) is 24.8 Å². The zero-order valence-electron chi connectivity index (χ0n) is 10.3. The minimum atomic E-state index is -3.30. The predicted molar refractivity (Wildman–Crippen MR) is 78.8 cm³/mol. The first-order chi connectivity index (χ1) is 7.93. The molecule has 110 valence electrons. The van der Waals surface area contributed by atoms with Crippen LogP contribution in [0.2, 0.25) is 0 Å².